The second-order valence-corrected chi connectivity index (χ2v) is 6.81. The van der Waals surface area contributed by atoms with Crippen LogP contribution < -0.4 is 10.0 Å². The minimum Gasteiger partial charge on any atom is -0.316 e. The molecule has 0 heterocycles. The van der Waals surface area contributed by atoms with Crippen LogP contribution in [-0.2, 0) is 16.4 Å². The zero-order valence-corrected chi connectivity index (χ0v) is 12.8. The Hall–Kier alpha value is -1.07. The molecule has 0 aliphatic rings. The minimum atomic E-state index is -3.32. The summed E-state index contributed by atoms with van der Waals surface area (Å²) in [5.41, 5.74) is 1.86. The Bertz CT molecular complexity index is 469. The molecule has 0 saturated carbocycles. The van der Waals surface area contributed by atoms with Crippen molar-refractivity contribution in [2.75, 3.05) is 17.8 Å². The zero-order chi connectivity index (χ0) is 14.3. The highest BCUT2D eigenvalue weighted by atomic mass is 32.2. The van der Waals surface area contributed by atoms with Gasteiger partial charge in [0.05, 0.1) is 5.25 Å². The maximum atomic E-state index is 12.1. The first-order valence-electron chi connectivity index (χ1n) is 6.80. The zero-order valence-electron chi connectivity index (χ0n) is 11.9. The fourth-order valence-corrected chi connectivity index (χ4v) is 2.75. The summed E-state index contributed by atoms with van der Waals surface area (Å²) in [6.07, 6.45) is 2.11. The summed E-state index contributed by atoms with van der Waals surface area (Å²) in [4.78, 5) is 0. The molecule has 0 spiro atoms. The number of aryl methyl sites for hydroxylation is 1. The lowest BCUT2D eigenvalue weighted by Gasteiger charge is -2.15. The predicted molar refractivity (Wildman–Crippen MR) is 81.0 cm³/mol. The summed E-state index contributed by atoms with van der Waals surface area (Å²) in [6, 6.07) is 7.58. The molecule has 0 amide bonds. The third-order valence-electron chi connectivity index (χ3n) is 2.96. The predicted octanol–water partition coefficient (Wildman–Crippen LogP) is 2.38. The van der Waals surface area contributed by atoms with Gasteiger partial charge in [0, 0.05) is 12.2 Å². The van der Waals surface area contributed by atoms with Gasteiger partial charge in [-0.1, -0.05) is 32.4 Å². The molecule has 1 unspecified atom stereocenters. The van der Waals surface area contributed by atoms with E-state index in [1.807, 2.05) is 31.2 Å². The molecule has 0 radical (unpaired) electrons. The summed E-state index contributed by atoms with van der Waals surface area (Å²) in [7, 11) is -3.32. The molecule has 1 aromatic rings. The van der Waals surface area contributed by atoms with Gasteiger partial charge in [-0.3, -0.25) is 4.72 Å². The van der Waals surface area contributed by atoms with Crippen LogP contribution in [0, 0.1) is 0 Å². The molecule has 108 valence electrons. The molecule has 4 nitrogen and oxygen atoms in total. The number of nitrogens with one attached hydrogen (secondary N) is 2. The molecule has 0 fully saturated rings. The van der Waals surface area contributed by atoms with Crippen molar-refractivity contribution < 1.29 is 8.42 Å². The topological polar surface area (TPSA) is 58.2 Å². The van der Waals surface area contributed by atoms with Crippen molar-refractivity contribution in [3.8, 4) is 0 Å². The van der Waals surface area contributed by atoms with E-state index < -0.39 is 15.3 Å². The van der Waals surface area contributed by atoms with E-state index in [4.69, 9.17) is 0 Å². The first kappa shape index (κ1) is 16.0. The number of benzene rings is 1. The Morgan fingerprint density at radius 2 is 1.79 bits per heavy atom. The Morgan fingerprint density at radius 1 is 1.16 bits per heavy atom. The van der Waals surface area contributed by atoms with Crippen LogP contribution in [0.15, 0.2) is 24.3 Å². The monoisotopic (exact) mass is 284 g/mol. The van der Waals surface area contributed by atoms with Crippen LogP contribution in [0.4, 0.5) is 5.69 Å². The Morgan fingerprint density at radius 3 is 2.32 bits per heavy atom. The van der Waals surface area contributed by atoms with Gasteiger partial charge in [0.25, 0.3) is 0 Å². The smallest absolute Gasteiger partial charge is 0.236 e. The van der Waals surface area contributed by atoms with E-state index in [0.717, 1.165) is 19.4 Å². The lowest BCUT2D eigenvalue weighted by Crippen LogP contribution is -2.34. The fourth-order valence-electron chi connectivity index (χ4n) is 1.75. The second kappa shape index (κ2) is 7.50. The van der Waals surface area contributed by atoms with E-state index in [9.17, 15) is 8.42 Å². The van der Waals surface area contributed by atoms with Gasteiger partial charge in [-0.05, 0) is 37.6 Å². The van der Waals surface area contributed by atoms with Crippen LogP contribution >= 0.6 is 0 Å². The van der Waals surface area contributed by atoms with Crippen molar-refractivity contribution >= 4 is 15.7 Å². The van der Waals surface area contributed by atoms with Gasteiger partial charge in [0.2, 0.25) is 10.0 Å². The van der Waals surface area contributed by atoms with Gasteiger partial charge in [-0.2, -0.15) is 0 Å². The van der Waals surface area contributed by atoms with E-state index in [-0.39, 0.29) is 0 Å². The van der Waals surface area contributed by atoms with Crippen molar-refractivity contribution in [2.45, 2.75) is 38.9 Å². The van der Waals surface area contributed by atoms with E-state index in [2.05, 4.69) is 17.0 Å². The Balaban J connectivity index is 2.67. The first-order chi connectivity index (χ1) is 8.99. The van der Waals surface area contributed by atoms with Crippen molar-refractivity contribution in [3.63, 3.8) is 0 Å². The number of anilines is 1. The van der Waals surface area contributed by atoms with E-state index in [1.165, 1.54) is 5.56 Å². The lowest BCUT2D eigenvalue weighted by molar-refractivity contribution is 0.579. The van der Waals surface area contributed by atoms with Crippen LogP contribution in [-0.4, -0.2) is 26.8 Å². The molecule has 5 heteroatoms. The molecule has 0 saturated heterocycles. The second-order valence-electron chi connectivity index (χ2n) is 4.71. The van der Waals surface area contributed by atoms with Gasteiger partial charge in [0.15, 0.2) is 0 Å². The highest BCUT2D eigenvalue weighted by Crippen LogP contribution is 2.14. The lowest BCUT2D eigenvalue weighted by atomic mass is 10.1. The molecule has 2 N–H and O–H groups in total. The Kier molecular flexibility index (Phi) is 6.31. The van der Waals surface area contributed by atoms with Gasteiger partial charge in [-0.25, -0.2) is 8.42 Å². The van der Waals surface area contributed by atoms with Crippen LogP contribution in [0.1, 0.15) is 32.8 Å². The van der Waals surface area contributed by atoms with Crippen molar-refractivity contribution in [3.05, 3.63) is 29.8 Å². The minimum absolute atomic E-state index is 0.456. The normalized spacial score (nSPS) is 13.2. The highest BCUT2D eigenvalue weighted by Gasteiger charge is 2.19. The largest absolute Gasteiger partial charge is 0.316 e. The summed E-state index contributed by atoms with van der Waals surface area (Å²) in [6.45, 7) is 7.01. The number of hydrogen-bond donors (Lipinski definition) is 2. The molecule has 1 aromatic carbocycles. The molecule has 1 atom stereocenters. The maximum absolute atomic E-state index is 12.1. The molecular formula is C14H24N2O2S. The number of rotatable bonds is 8. The summed E-state index contributed by atoms with van der Waals surface area (Å²) in [5, 5.41) is 2.59. The van der Waals surface area contributed by atoms with E-state index >= 15 is 0 Å². The number of sulfonamides is 1. The van der Waals surface area contributed by atoms with Crippen molar-refractivity contribution in [1.82, 2.24) is 5.32 Å². The van der Waals surface area contributed by atoms with Gasteiger partial charge < -0.3 is 5.32 Å². The first-order valence-corrected chi connectivity index (χ1v) is 8.35. The number of hydrogen-bond acceptors (Lipinski definition) is 3. The van der Waals surface area contributed by atoms with Gasteiger partial charge in [-0.15, -0.1) is 0 Å². The molecule has 0 aliphatic heterocycles. The third kappa shape index (κ3) is 5.20. The van der Waals surface area contributed by atoms with Gasteiger partial charge >= 0.3 is 0 Å². The molecular weight excluding hydrogens is 260 g/mol. The van der Waals surface area contributed by atoms with E-state index in [1.54, 1.807) is 6.92 Å². The maximum Gasteiger partial charge on any atom is 0.236 e. The molecule has 0 aromatic heterocycles. The van der Waals surface area contributed by atoms with Gasteiger partial charge in [0.1, 0.15) is 0 Å². The van der Waals surface area contributed by atoms with Crippen LogP contribution in [0.25, 0.3) is 0 Å². The van der Waals surface area contributed by atoms with Crippen LogP contribution in [0.3, 0.4) is 0 Å². The molecule has 19 heavy (non-hydrogen) atoms. The average Bonchev–Trinajstić information content (AvgIpc) is 2.38. The molecule has 1 rings (SSSR count). The summed E-state index contributed by atoms with van der Waals surface area (Å²) in [5.74, 6) is 0. The third-order valence-corrected chi connectivity index (χ3v) is 4.71. The molecule has 0 bridgehead atoms. The molecule has 0 aliphatic carbocycles. The SMILES string of the molecule is CCCc1ccc(NS(=O)(=O)C(C)CNCC)cc1. The van der Waals surface area contributed by atoms with Crippen LogP contribution in [0.2, 0.25) is 0 Å². The van der Waals surface area contributed by atoms with E-state index in [0.29, 0.717) is 12.2 Å². The van der Waals surface area contributed by atoms with Crippen molar-refractivity contribution in [2.24, 2.45) is 0 Å². The standard InChI is InChI=1S/C14H24N2O2S/c1-4-6-13-7-9-14(10-8-13)16-19(17,18)12(3)11-15-5-2/h7-10,12,15-16H,4-6,11H2,1-3H3. The van der Waals surface area contributed by atoms with Crippen molar-refractivity contribution in [1.29, 1.82) is 0 Å². The Labute approximate surface area is 116 Å². The summed E-state index contributed by atoms with van der Waals surface area (Å²) < 4.78 is 26.8. The quantitative estimate of drug-likeness (QED) is 0.770. The highest BCUT2D eigenvalue weighted by molar-refractivity contribution is 7.93. The van der Waals surface area contributed by atoms with Crippen LogP contribution in [0.5, 0.6) is 0 Å². The fraction of sp³-hybridized carbons (Fsp3) is 0.571. The average molecular weight is 284 g/mol. The summed E-state index contributed by atoms with van der Waals surface area (Å²) >= 11 is 0.